The summed E-state index contributed by atoms with van der Waals surface area (Å²) in [6.07, 6.45) is 1.55. The predicted molar refractivity (Wildman–Crippen MR) is 66.2 cm³/mol. The van der Waals surface area contributed by atoms with Crippen molar-refractivity contribution in [2.75, 3.05) is 25.6 Å². The molecule has 16 heavy (non-hydrogen) atoms. The molecule has 0 amide bonds. The van der Waals surface area contributed by atoms with Crippen LogP contribution in [0.1, 0.15) is 19.8 Å². The van der Waals surface area contributed by atoms with E-state index < -0.39 is 0 Å². The molecule has 1 rings (SSSR count). The molecule has 0 spiro atoms. The lowest BCUT2D eigenvalue weighted by Crippen LogP contribution is -2.18. The first-order valence-electron chi connectivity index (χ1n) is 5.48. The van der Waals surface area contributed by atoms with Crippen LogP contribution in [-0.2, 0) is 4.79 Å². The second-order valence-electron chi connectivity index (χ2n) is 3.93. The molecule has 0 radical (unpaired) electrons. The van der Waals surface area contributed by atoms with Gasteiger partial charge in [-0.15, -0.1) is 0 Å². The summed E-state index contributed by atoms with van der Waals surface area (Å²) in [5.74, 6) is 1.11. The Kier molecular flexibility index (Phi) is 4.83. The largest absolute Gasteiger partial charge is 0.497 e. The second kappa shape index (κ2) is 6.16. The number of anilines is 1. The van der Waals surface area contributed by atoms with Gasteiger partial charge in [0.25, 0.3) is 0 Å². The number of benzene rings is 1. The molecule has 0 aromatic heterocycles. The number of hydrogen-bond acceptors (Lipinski definition) is 3. The van der Waals surface area contributed by atoms with Crippen LogP contribution in [0.3, 0.4) is 0 Å². The van der Waals surface area contributed by atoms with Gasteiger partial charge in [0, 0.05) is 25.7 Å². The van der Waals surface area contributed by atoms with Gasteiger partial charge in [-0.05, 0) is 37.6 Å². The SMILES string of the molecule is COc1ccc(N(C)CCCC(C)=O)cc1. The molecule has 1 aromatic rings. The number of ketones is 1. The molecule has 0 saturated carbocycles. The Morgan fingerprint density at radius 1 is 1.31 bits per heavy atom. The Hall–Kier alpha value is -1.51. The van der Waals surface area contributed by atoms with Crippen LogP contribution in [0, 0.1) is 0 Å². The average Bonchev–Trinajstić information content (AvgIpc) is 2.28. The number of Topliss-reactive ketones (excluding diaryl/α,β-unsaturated/α-hetero) is 1. The van der Waals surface area contributed by atoms with E-state index in [9.17, 15) is 4.79 Å². The van der Waals surface area contributed by atoms with Gasteiger partial charge in [-0.2, -0.15) is 0 Å². The highest BCUT2D eigenvalue weighted by Crippen LogP contribution is 2.18. The van der Waals surface area contributed by atoms with Crippen molar-refractivity contribution in [2.45, 2.75) is 19.8 Å². The van der Waals surface area contributed by atoms with E-state index in [1.807, 2.05) is 31.3 Å². The lowest BCUT2D eigenvalue weighted by Gasteiger charge is -2.19. The van der Waals surface area contributed by atoms with Crippen molar-refractivity contribution >= 4 is 11.5 Å². The Bertz CT molecular complexity index is 332. The van der Waals surface area contributed by atoms with Crippen molar-refractivity contribution in [3.8, 4) is 5.75 Å². The molecule has 0 atom stereocenters. The minimum absolute atomic E-state index is 0.253. The lowest BCUT2D eigenvalue weighted by atomic mass is 10.2. The van der Waals surface area contributed by atoms with E-state index in [2.05, 4.69) is 4.90 Å². The molecule has 0 fully saturated rings. The highest BCUT2D eigenvalue weighted by Gasteiger charge is 2.01. The summed E-state index contributed by atoms with van der Waals surface area (Å²) >= 11 is 0. The third-order valence-electron chi connectivity index (χ3n) is 2.54. The molecule has 0 unspecified atom stereocenters. The fraction of sp³-hybridized carbons (Fsp3) is 0.462. The Labute approximate surface area is 97.0 Å². The zero-order valence-electron chi connectivity index (χ0n) is 10.2. The molecule has 3 nitrogen and oxygen atoms in total. The highest BCUT2D eigenvalue weighted by molar-refractivity contribution is 5.75. The van der Waals surface area contributed by atoms with Crippen LogP contribution in [0.5, 0.6) is 5.75 Å². The molecule has 0 N–H and O–H groups in total. The number of carbonyl (C=O) groups is 1. The smallest absolute Gasteiger partial charge is 0.129 e. The van der Waals surface area contributed by atoms with Crippen LogP contribution in [0.2, 0.25) is 0 Å². The van der Waals surface area contributed by atoms with E-state index >= 15 is 0 Å². The first-order valence-corrected chi connectivity index (χ1v) is 5.48. The van der Waals surface area contributed by atoms with E-state index in [-0.39, 0.29) is 5.78 Å². The third-order valence-corrected chi connectivity index (χ3v) is 2.54. The van der Waals surface area contributed by atoms with Crippen LogP contribution in [0.25, 0.3) is 0 Å². The maximum absolute atomic E-state index is 10.8. The monoisotopic (exact) mass is 221 g/mol. The van der Waals surface area contributed by atoms with Gasteiger partial charge in [0.2, 0.25) is 0 Å². The van der Waals surface area contributed by atoms with E-state index in [0.717, 1.165) is 24.4 Å². The van der Waals surface area contributed by atoms with Gasteiger partial charge >= 0.3 is 0 Å². The molecule has 0 aliphatic carbocycles. The van der Waals surface area contributed by atoms with E-state index in [1.165, 1.54) is 0 Å². The van der Waals surface area contributed by atoms with Gasteiger partial charge in [0.1, 0.15) is 11.5 Å². The van der Waals surface area contributed by atoms with Crippen LogP contribution in [-0.4, -0.2) is 26.5 Å². The van der Waals surface area contributed by atoms with Gasteiger partial charge < -0.3 is 14.4 Å². The number of methoxy groups -OCH3 is 1. The Morgan fingerprint density at radius 3 is 2.44 bits per heavy atom. The van der Waals surface area contributed by atoms with Crippen molar-refractivity contribution < 1.29 is 9.53 Å². The molecular formula is C13H19NO2. The maximum atomic E-state index is 10.8. The number of carbonyl (C=O) groups excluding carboxylic acids is 1. The summed E-state index contributed by atoms with van der Waals surface area (Å²) in [6, 6.07) is 7.92. The Balaban J connectivity index is 2.45. The van der Waals surface area contributed by atoms with Crippen molar-refractivity contribution in [1.29, 1.82) is 0 Å². The minimum atomic E-state index is 0.253. The molecule has 0 bridgehead atoms. The van der Waals surface area contributed by atoms with Crippen LogP contribution in [0.15, 0.2) is 24.3 Å². The normalized spacial score (nSPS) is 9.94. The van der Waals surface area contributed by atoms with Crippen molar-refractivity contribution in [1.82, 2.24) is 0 Å². The van der Waals surface area contributed by atoms with Gasteiger partial charge in [-0.3, -0.25) is 0 Å². The first-order chi connectivity index (χ1) is 7.63. The van der Waals surface area contributed by atoms with Crippen LogP contribution >= 0.6 is 0 Å². The maximum Gasteiger partial charge on any atom is 0.129 e. The number of hydrogen-bond donors (Lipinski definition) is 0. The predicted octanol–water partition coefficient (Wildman–Crippen LogP) is 2.50. The summed E-state index contributed by atoms with van der Waals surface area (Å²) in [5, 5.41) is 0. The number of rotatable bonds is 6. The van der Waals surface area contributed by atoms with E-state index in [1.54, 1.807) is 14.0 Å². The summed E-state index contributed by atoms with van der Waals surface area (Å²) < 4.78 is 5.10. The molecule has 0 aliphatic rings. The summed E-state index contributed by atoms with van der Waals surface area (Å²) in [7, 11) is 3.69. The number of ether oxygens (including phenoxy) is 1. The van der Waals surface area contributed by atoms with Crippen molar-refractivity contribution in [3.63, 3.8) is 0 Å². The standard InChI is InChI=1S/C13H19NO2/c1-11(15)5-4-10-14(2)12-6-8-13(16-3)9-7-12/h6-9H,4-5,10H2,1-3H3. The highest BCUT2D eigenvalue weighted by atomic mass is 16.5. The van der Waals surface area contributed by atoms with Crippen LogP contribution in [0.4, 0.5) is 5.69 Å². The van der Waals surface area contributed by atoms with E-state index in [0.29, 0.717) is 6.42 Å². The summed E-state index contributed by atoms with van der Waals surface area (Å²) in [6.45, 7) is 2.53. The van der Waals surface area contributed by atoms with Gasteiger partial charge in [0.15, 0.2) is 0 Å². The lowest BCUT2D eigenvalue weighted by molar-refractivity contribution is -0.117. The molecule has 3 heteroatoms. The fourth-order valence-corrected chi connectivity index (χ4v) is 1.53. The van der Waals surface area contributed by atoms with Crippen molar-refractivity contribution in [3.05, 3.63) is 24.3 Å². The summed E-state index contributed by atoms with van der Waals surface area (Å²) in [5.41, 5.74) is 1.14. The minimum Gasteiger partial charge on any atom is -0.497 e. The average molecular weight is 221 g/mol. The molecular weight excluding hydrogens is 202 g/mol. The first kappa shape index (κ1) is 12.6. The van der Waals surface area contributed by atoms with Gasteiger partial charge in [0.05, 0.1) is 7.11 Å². The zero-order chi connectivity index (χ0) is 12.0. The second-order valence-corrected chi connectivity index (χ2v) is 3.93. The number of nitrogens with zero attached hydrogens (tertiary/aromatic N) is 1. The molecule has 0 aliphatic heterocycles. The van der Waals surface area contributed by atoms with Crippen molar-refractivity contribution in [2.24, 2.45) is 0 Å². The third kappa shape index (κ3) is 3.93. The topological polar surface area (TPSA) is 29.5 Å². The van der Waals surface area contributed by atoms with E-state index in [4.69, 9.17) is 4.74 Å². The van der Waals surface area contributed by atoms with Gasteiger partial charge in [-0.25, -0.2) is 0 Å². The molecule has 88 valence electrons. The molecule has 0 saturated heterocycles. The summed E-state index contributed by atoms with van der Waals surface area (Å²) in [4.78, 5) is 13.0. The molecule has 1 aromatic carbocycles. The molecule has 0 heterocycles. The van der Waals surface area contributed by atoms with Crippen LogP contribution < -0.4 is 9.64 Å². The van der Waals surface area contributed by atoms with Gasteiger partial charge in [-0.1, -0.05) is 0 Å². The fourth-order valence-electron chi connectivity index (χ4n) is 1.53. The zero-order valence-corrected chi connectivity index (χ0v) is 10.2. The quantitative estimate of drug-likeness (QED) is 0.739. The Morgan fingerprint density at radius 2 is 1.94 bits per heavy atom.